The van der Waals surface area contributed by atoms with Crippen LogP contribution in [0.4, 0.5) is 5.95 Å². The molecule has 0 amide bonds. The van der Waals surface area contributed by atoms with Crippen LogP contribution in [-0.4, -0.2) is 43.2 Å². The molecule has 0 atom stereocenters. The first-order valence-corrected chi connectivity index (χ1v) is 9.22. The van der Waals surface area contributed by atoms with Crippen molar-refractivity contribution in [2.45, 2.75) is 95.9 Å². The zero-order valence-electron chi connectivity index (χ0n) is 15.5. The molecular formula is C18H31N5O. The summed E-state index contributed by atoms with van der Waals surface area (Å²) >= 11 is 0. The van der Waals surface area contributed by atoms with Gasteiger partial charge in [-0.3, -0.25) is 4.84 Å². The summed E-state index contributed by atoms with van der Waals surface area (Å²) in [6.07, 6.45) is 11.8. The number of piperidine rings is 1. The average molecular weight is 333 g/mol. The summed E-state index contributed by atoms with van der Waals surface area (Å²) in [4.78, 5) is 18.8. The first-order chi connectivity index (χ1) is 11.4. The van der Waals surface area contributed by atoms with Gasteiger partial charge in [-0.25, -0.2) is 15.0 Å². The maximum absolute atomic E-state index is 6.53. The van der Waals surface area contributed by atoms with Crippen molar-refractivity contribution in [2.75, 3.05) is 5.32 Å². The molecule has 0 unspecified atom stereocenters. The second kappa shape index (κ2) is 6.92. The fourth-order valence-corrected chi connectivity index (χ4v) is 4.47. The van der Waals surface area contributed by atoms with Gasteiger partial charge in [0, 0.05) is 17.1 Å². The molecule has 1 aromatic heterocycles. The highest BCUT2D eigenvalue weighted by Crippen LogP contribution is 2.40. The number of hydroxylamine groups is 2. The average Bonchev–Trinajstić information content (AvgIpc) is 2.52. The molecular weight excluding hydrogens is 302 g/mol. The minimum absolute atomic E-state index is 0.0378. The van der Waals surface area contributed by atoms with E-state index in [1.807, 2.05) is 0 Å². The standard InChI is InChI=1S/C18H31N5O/c1-17(2)10-14(22-16-20-12-19-13-21-16)11-18(3,4)23(17)24-15-8-6-5-7-9-15/h12-15H,5-11H2,1-4H3,(H,19,20,21,22). The Bertz CT molecular complexity index is 509. The number of nitrogens with one attached hydrogen (secondary N) is 1. The maximum Gasteiger partial charge on any atom is 0.225 e. The first-order valence-electron chi connectivity index (χ1n) is 9.22. The number of anilines is 1. The molecule has 0 bridgehead atoms. The Morgan fingerprint density at radius 2 is 1.58 bits per heavy atom. The van der Waals surface area contributed by atoms with Crippen LogP contribution in [0.15, 0.2) is 12.7 Å². The highest BCUT2D eigenvalue weighted by Gasteiger charge is 2.47. The summed E-state index contributed by atoms with van der Waals surface area (Å²) in [7, 11) is 0. The lowest BCUT2D eigenvalue weighted by Gasteiger charge is -2.55. The van der Waals surface area contributed by atoms with E-state index < -0.39 is 0 Å². The normalized spacial score (nSPS) is 25.5. The predicted molar refractivity (Wildman–Crippen MR) is 94.4 cm³/mol. The van der Waals surface area contributed by atoms with Gasteiger partial charge in [0.25, 0.3) is 0 Å². The summed E-state index contributed by atoms with van der Waals surface area (Å²) in [5.74, 6) is 0.656. The molecule has 1 aliphatic heterocycles. The molecule has 0 radical (unpaired) electrons. The minimum atomic E-state index is -0.0378. The Morgan fingerprint density at radius 3 is 2.17 bits per heavy atom. The van der Waals surface area contributed by atoms with Gasteiger partial charge in [0.2, 0.25) is 5.95 Å². The Morgan fingerprint density at radius 1 is 1.00 bits per heavy atom. The Kier molecular flexibility index (Phi) is 5.06. The van der Waals surface area contributed by atoms with Crippen LogP contribution in [0, 0.1) is 0 Å². The van der Waals surface area contributed by atoms with Crippen molar-refractivity contribution in [1.29, 1.82) is 0 Å². The van der Waals surface area contributed by atoms with Crippen molar-refractivity contribution in [3.05, 3.63) is 12.7 Å². The van der Waals surface area contributed by atoms with E-state index in [0.29, 0.717) is 18.1 Å². The number of rotatable bonds is 4. The van der Waals surface area contributed by atoms with Crippen molar-refractivity contribution in [2.24, 2.45) is 0 Å². The predicted octanol–water partition coefficient (Wildman–Crippen LogP) is 3.57. The molecule has 0 spiro atoms. The summed E-state index contributed by atoms with van der Waals surface area (Å²) in [6.45, 7) is 9.11. The third-order valence-corrected chi connectivity index (χ3v) is 5.22. The van der Waals surface area contributed by atoms with Crippen molar-refractivity contribution < 1.29 is 4.84 Å². The molecule has 1 saturated carbocycles. The van der Waals surface area contributed by atoms with Gasteiger partial charge in [0.1, 0.15) is 12.7 Å². The molecule has 3 rings (SSSR count). The molecule has 1 aliphatic carbocycles. The second-order valence-electron chi connectivity index (χ2n) is 8.50. The smallest absolute Gasteiger partial charge is 0.225 e. The lowest BCUT2D eigenvalue weighted by atomic mass is 9.79. The zero-order chi connectivity index (χ0) is 17.2. The van der Waals surface area contributed by atoms with Gasteiger partial charge in [-0.1, -0.05) is 19.3 Å². The van der Waals surface area contributed by atoms with Crippen LogP contribution >= 0.6 is 0 Å². The number of nitrogens with zero attached hydrogens (tertiary/aromatic N) is 4. The maximum atomic E-state index is 6.53. The fraction of sp³-hybridized carbons (Fsp3) is 0.833. The van der Waals surface area contributed by atoms with Gasteiger partial charge < -0.3 is 5.32 Å². The molecule has 2 fully saturated rings. The van der Waals surface area contributed by atoms with Crippen LogP contribution in [-0.2, 0) is 4.84 Å². The highest BCUT2D eigenvalue weighted by molar-refractivity contribution is 5.24. The quantitative estimate of drug-likeness (QED) is 0.909. The third kappa shape index (κ3) is 4.03. The van der Waals surface area contributed by atoms with E-state index in [4.69, 9.17) is 4.84 Å². The third-order valence-electron chi connectivity index (χ3n) is 5.22. The molecule has 1 aromatic rings. The minimum Gasteiger partial charge on any atom is -0.351 e. The van der Waals surface area contributed by atoms with Crippen molar-refractivity contribution in [3.8, 4) is 0 Å². The van der Waals surface area contributed by atoms with Crippen molar-refractivity contribution in [3.63, 3.8) is 0 Å². The molecule has 134 valence electrons. The second-order valence-corrected chi connectivity index (χ2v) is 8.50. The molecule has 24 heavy (non-hydrogen) atoms. The summed E-state index contributed by atoms with van der Waals surface area (Å²) in [5, 5.41) is 5.75. The Balaban J connectivity index is 1.69. The lowest BCUT2D eigenvalue weighted by molar-refractivity contribution is -0.309. The summed E-state index contributed by atoms with van der Waals surface area (Å²) < 4.78 is 0. The summed E-state index contributed by atoms with van der Waals surface area (Å²) in [6, 6.07) is 0.323. The van der Waals surface area contributed by atoms with Gasteiger partial charge in [-0.05, 0) is 53.4 Å². The topological polar surface area (TPSA) is 63.2 Å². The van der Waals surface area contributed by atoms with E-state index >= 15 is 0 Å². The van der Waals surface area contributed by atoms with Gasteiger partial charge in [0.05, 0.1) is 6.10 Å². The van der Waals surface area contributed by atoms with Gasteiger partial charge in [-0.2, -0.15) is 5.06 Å². The zero-order valence-corrected chi connectivity index (χ0v) is 15.5. The fourth-order valence-electron chi connectivity index (χ4n) is 4.47. The van der Waals surface area contributed by atoms with E-state index in [2.05, 4.69) is 53.0 Å². The molecule has 1 saturated heterocycles. The van der Waals surface area contributed by atoms with E-state index in [0.717, 1.165) is 12.8 Å². The van der Waals surface area contributed by atoms with E-state index in [1.54, 1.807) is 0 Å². The van der Waals surface area contributed by atoms with Crippen molar-refractivity contribution in [1.82, 2.24) is 20.0 Å². The number of hydrogen-bond acceptors (Lipinski definition) is 6. The van der Waals surface area contributed by atoms with Crippen LogP contribution < -0.4 is 5.32 Å². The van der Waals surface area contributed by atoms with Crippen LogP contribution in [0.25, 0.3) is 0 Å². The molecule has 2 aliphatic rings. The van der Waals surface area contributed by atoms with Gasteiger partial charge in [-0.15, -0.1) is 0 Å². The molecule has 6 heteroatoms. The van der Waals surface area contributed by atoms with E-state index in [1.165, 1.54) is 44.8 Å². The molecule has 2 heterocycles. The van der Waals surface area contributed by atoms with Crippen LogP contribution in [0.2, 0.25) is 0 Å². The molecule has 1 N–H and O–H groups in total. The largest absolute Gasteiger partial charge is 0.351 e. The van der Waals surface area contributed by atoms with Gasteiger partial charge >= 0.3 is 0 Å². The summed E-state index contributed by atoms with van der Waals surface area (Å²) in [5.41, 5.74) is -0.0756. The number of hydrogen-bond donors (Lipinski definition) is 1. The van der Waals surface area contributed by atoms with Crippen LogP contribution in [0.3, 0.4) is 0 Å². The van der Waals surface area contributed by atoms with Gasteiger partial charge in [0.15, 0.2) is 0 Å². The molecule has 6 nitrogen and oxygen atoms in total. The van der Waals surface area contributed by atoms with E-state index in [-0.39, 0.29) is 11.1 Å². The molecule has 0 aromatic carbocycles. The lowest BCUT2D eigenvalue weighted by Crippen LogP contribution is -2.63. The van der Waals surface area contributed by atoms with E-state index in [9.17, 15) is 0 Å². The van der Waals surface area contributed by atoms with Crippen LogP contribution in [0.1, 0.15) is 72.6 Å². The highest BCUT2D eigenvalue weighted by atomic mass is 16.7. The van der Waals surface area contributed by atoms with Crippen LogP contribution in [0.5, 0.6) is 0 Å². The number of aromatic nitrogens is 3. The Labute approximate surface area is 145 Å². The Hall–Kier alpha value is -1.27. The SMILES string of the molecule is CC1(C)CC(Nc2ncncn2)CC(C)(C)N1OC1CCCCC1. The van der Waals surface area contributed by atoms with Crippen molar-refractivity contribution >= 4 is 5.95 Å². The monoisotopic (exact) mass is 333 g/mol. The first kappa shape index (κ1) is 17.5.